The van der Waals surface area contributed by atoms with Crippen LogP contribution in [0.4, 0.5) is 0 Å². The number of rotatable bonds is 9. The number of para-hydroxylation sites is 6. The summed E-state index contributed by atoms with van der Waals surface area (Å²) in [4.78, 5) is 11.2. The smallest absolute Gasteiger partial charge is 0.160 e. The molecule has 0 aliphatic carbocycles. The summed E-state index contributed by atoms with van der Waals surface area (Å²) in [5.41, 5.74) is 27.7. The van der Waals surface area contributed by atoms with Gasteiger partial charge in [-0.15, -0.1) is 0 Å². The summed E-state index contributed by atoms with van der Waals surface area (Å²) in [5, 5.41) is 14.8. The van der Waals surface area contributed by atoms with E-state index in [2.05, 4.69) is 323 Å². The Labute approximate surface area is 605 Å². The predicted octanol–water partition coefficient (Wildman–Crippen LogP) is 26.6. The summed E-state index contributed by atoms with van der Waals surface area (Å²) < 4.78 is 26.2. The van der Waals surface area contributed by atoms with E-state index in [1.165, 1.54) is 32.3 Å². The molecule has 8 heteroatoms. The number of nitrogens with zero attached hydrogens (tertiary/aromatic N) is 5. The standard InChI is InChI=1S/C98H57N5O3/c1-7-22-85-71(16-1)80-51-61(64-32-43-77-74-19-4-10-25-91(74)104-94(77)55-64)36-47-88(80)101(85)68-39-28-58(29-40-68)60-35-46-84-83(54-60)97(59-30-41-69(42-31-59)102-86-23-8-2-17-72(86)81-52-62(37-48-89(81)102)65-33-44-78-75-20-5-11-26-92(75)105-95(78)56-65)100-98(99-84)67-14-13-15-70(50-67)103-87-24-9-3-18-73(87)82-53-63(38-49-90(82)103)66-34-45-79-76-21-6-12-27-93(76)106-96(79)57-66/h1-57H. The van der Waals surface area contributed by atoms with Crippen molar-refractivity contribution in [3.05, 3.63) is 346 Å². The van der Waals surface area contributed by atoms with Crippen molar-refractivity contribution < 1.29 is 13.3 Å². The zero-order chi connectivity index (χ0) is 69.2. The summed E-state index contributed by atoms with van der Waals surface area (Å²) in [6.45, 7) is 0. The first-order valence-corrected chi connectivity index (χ1v) is 36.0. The molecule has 0 aliphatic rings. The van der Waals surface area contributed by atoms with Gasteiger partial charge in [-0.2, -0.15) is 0 Å². The van der Waals surface area contributed by atoms with E-state index in [0.29, 0.717) is 5.82 Å². The van der Waals surface area contributed by atoms with Crippen LogP contribution < -0.4 is 0 Å². The molecule has 0 spiro atoms. The molecule has 23 aromatic rings. The Balaban J connectivity index is 0.632. The Kier molecular flexibility index (Phi) is 12.4. The number of aromatic nitrogens is 5. The molecule has 23 rings (SSSR count). The largest absolute Gasteiger partial charge is 0.456 e. The second-order valence-corrected chi connectivity index (χ2v) is 28.0. The van der Waals surface area contributed by atoms with Crippen molar-refractivity contribution in [2.24, 2.45) is 0 Å². The van der Waals surface area contributed by atoms with E-state index < -0.39 is 0 Å². The highest BCUT2D eigenvalue weighted by Crippen LogP contribution is 2.44. The molecule has 0 aliphatic heterocycles. The van der Waals surface area contributed by atoms with E-state index in [0.717, 1.165) is 188 Å². The van der Waals surface area contributed by atoms with Crippen molar-refractivity contribution in [3.63, 3.8) is 0 Å². The van der Waals surface area contributed by atoms with Gasteiger partial charge in [-0.1, -0.05) is 188 Å². The lowest BCUT2D eigenvalue weighted by Gasteiger charge is -2.14. The average Bonchev–Trinajstić information content (AvgIpc) is 1.48. The maximum Gasteiger partial charge on any atom is 0.160 e. The van der Waals surface area contributed by atoms with Gasteiger partial charge >= 0.3 is 0 Å². The molecular weight excluding hydrogens is 1300 g/mol. The molecule has 0 fully saturated rings. The summed E-state index contributed by atoms with van der Waals surface area (Å²) in [6, 6.07) is 124. The fraction of sp³-hybridized carbons (Fsp3) is 0. The third-order valence-electron chi connectivity index (χ3n) is 22.1. The predicted molar refractivity (Wildman–Crippen MR) is 437 cm³/mol. The molecule has 7 heterocycles. The van der Waals surface area contributed by atoms with Crippen molar-refractivity contribution in [2.75, 3.05) is 0 Å². The number of benzene rings is 16. The monoisotopic (exact) mass is 1350 g/mol. The fourth-order valence-corrected chi connectivity index (χ4v) is 17.0. The van der Waals surface area contributed by atoms with Crippen molar-refractivity contribution in [1.29, 1.82) is 0 Å². The van der Waals surface area contributed by atoms with Crippen LogP contribution in [0.25, 0.3) is 226 Å². The highest BCUT2D eigenvalue weighted by atomic mass is 16.3. The minimum absolute atomic E-state index is 0.637. The lowest BCUT2D eigenvalue weighted by Crippen LogP contribution is -1.99. The fourth-order valence-electron chi connectivity index (χ4n) is 17.0. The maximum atomic E-state index is 6.37. The third kappa shape index (κ3) is 8.95. The third-order valence-corrected chi connectivity index (χ3v) is 22.1. The first kappa shape index (κ1) is 58.3. The van der Waals surface area contributed by atoms with Crippen molar-refractivity contribution in [2.45, 2.75) is 0 Å². The molecular formula is C98H57N5O3. The zero-order valence-corrected chi connectivity index (χ0v) is 56.9. The number of furan rings is 3. The van der Waals surface area contributed by atoms with Crippen LogP contribution in [-0.2, 0) is 0 Å². The molecule has 0 amide bonds. The number of hydrogen-bond acceptors (Lipinski definition) is 5. The molecule has 7 aromatic heterocycles. The summed E-state index contributed by atoms with van der Waals surface area (Å²) in [7, 11) is 0. The van der Waals surface area contributed by atoms with Gasteiger partial charge in [0, 0.05) is 98.2 Å². The van der Waals surface area contributed by atoms with E-state index in [9.17, 15) is 0 Å². The summed E-state index contributed by atoms with van der Waals surface area (Å²) >= 11 is 0. The molecule has 106 heavy (non-hydrogen) atoms. The summed E-state index contributed by atoms with van der Waals surface area (Å²) in [6.07, 6.45) is 0. The number of hydrogen-bond donors (Lipinski definition) is 0. The van der Waals surface area contributed by atoms with Gasteiger partial charge < -0.3 is 27.0 Å². The van der Waals surface area contributed by atoms with Gasteiger partial charge in [0.25, 0.3) is 0 Å². The van der Waals surface area contributed by atoms with Crippen LogP contribution in [0.5, 0.6) is 0 Å². The van der Waals surface area contributed by atoms with E-state index in [4.69, 9.17) is 23.2 Å². The van der Waals surface area contributed by atoms with Gasteiger partial charge in [-0.05, 0) is 202 Å². The molecule has 8 nitrogen and oxygen atoms in total. The topological polar surface area (TPSA) is 80.0 Å². The van der Waals surface area contributed by atoms with Crippen LogP contribution in [0.1, 0.15) is 0 Å². The first-order chi connectivity index (χ1) is 52.5. The van der Waals surface area contributed by atoms with E-state index in [1.807, 2.05) is 36.4 Å². The Morgan fingerprint density at radius 3 is 0.962 bits per heavy atom. The Hall–Kier alpha value is -14.3. The van der Waals surface area contributed by atoms with E-state index in [1.54, 1.807) is 0 Å². The molecule has 0 bridgehead atoms. The molecule has 0 atom stereocenters. The summed E-state index contributed by atoms with van der Waals surface area (Å²) in [5.74, 6) is 0.637. The zero-order valence-electron chi connectivity index (χ0n) is 56.9. The molecule has 16 aromatic carbocycles. The SMILES string of the molecule is c1cc(-c2nc(-c3ccc(-n4c5ccccc5c5cc(-c6ccc7c(c6)oc6ccccc67)ccc54)cc3)c3cc(-c4ccc(-n5c6ccccc6c6cc(-c7ccc8c(c7)oc7ccccc78)ccc65)cc4)ccc3n2)cc(-n2c3ccccc3c3cc(-c4ccc5c(c4)oc4ccccc45)ccc32)c1. The van der Waals surface area contributed by atoms with Crippen molar-refractivity contribution in [3.8, 4) is 84.2 Å². The second kappa shape index (κ2) is 22.6. The Morgan fingerprint density at radius 2 is 0.509 bits per heavy atom. The lowest BCUT2D eigenvalue weighted by molar-refractivity contribution is 0.668. The number of fused-ring (bicyclic) bond motifs is 19. The van der Waals surface area contributed by atoms with Crippen LogP contribution in [0.15, 0.2) is 359 Å². The normalized spacial score (nSPS) is 12.2. The minimum atomic E-state index is 0.637. The molecule has 0 saturated carbocycles. The average molecular weight is 1350 g/mol. The van der Waals surface area contributed by atoms with Crippen LogP contribution in [0.2, 0.25) is 0 Å². The molecule has 0 N–H and O–H groups in total. The molecule has 0 saturated heterocycles. The molecule has 0 unspecified atom stereocenters. The van der Waals surface area contributed by atoms with E-state index >= 15 is 0 Å². The van der Waals surface area contributed by atoms with Gasteiger partial charge in [0.05, 0.1) is 44.3 Å². The van der Waals surface area contributed by atoms with E-state index in [-0.39, 0.29) is 0 Å². The minimum Gasteiger partial charge on any atom is -0.456 e. The highest BCUT2D eigenvalue weighted by Gasteiger charge is 2.22. The first-order valence-electron chi connectivity index (χ1n) is 36.0. The highest BCUT2D eigenvalue weighted by molar-refractivity contribution is 6.15. The second-order valence-electron chi connectivity index (χ2n) is 28.0. The Bertz CT molecular complexity index is 7650. The quantitative estimate of drug-likeness (QED) is 0.144. The Morgan fingerprint density at radius 1 is 0.179 bits per heavy atom. The maximum absolute atomic E-state index is 6.37. The molecule has 492 valence electrons. The van der Waals surface area contributed by atoms with Crippen molar-refractivity contribution in [1.82, 2.24) is 23.7 Å². The van der Waals surface area contributed by atoms with Gasteiger partial charge in [-0.25, -0.2) is 9.97 Å². The van der Waals surface area contributed by atoms with Crippen LogP contribution >= 0.6 is 0 Å². The molecule has 0 radical (unpaired) electrons. The lowest BCUT2D eigenvalue weighted by atomic mass is 9.99. The van der Waals surface area contributed by atoms with Crippen LogP contribution in [0.3, 0.4) is 0 Å². The van der Waals surface area contributed by atoms with Gasteiger partial charge in [-0.3, -0.25) is 0 Å². The van der Waals surface area contributed by atoms with Crippen LogP contribution in [-0.4, -0.2) is 23.7 Å². The van der Waals surface area contributed by atoms with Gasteiger partial charge in [0.2, 0.25) is 0 Å². The van der Waals surface area contributed by atoms with Gasteiger partial charge in [0.15, 0.2) is 5.82 Å². The van der Waals surface area contributed by atoms with Crippen molar-refractivity contribution >= 4 is 142 Å². The van der Waals surface area contributed by atoms with Gasteiger partial charge in [0.1, 0.15) is 33.5 Å². The van der Waals surface area contributed by atoms with Crippen LogP contribution in [0, 0.1) is 0 Å².